The van der Waals surface area contributed by atoms with Crippen LogP contribution in [0.4, 0.5) is 0 Å². The van der Waals surface area contributed by atoms with Gasteiger partial charge in [-0.2, -0.15) is 0 Å². The van der Waals surface area contributed by atoms with Gasteiger partial charge in [-0.25, -0.2) is 4.79 Å². The van der Waals surface area contributed by atoms with Crippen molar-refractivity contribution in [3.8, 4) is 0 Å². The van der Waals surface area contributed by atoms with Crippen molar-refractivity contribution in [3.05, 3.63) is 0 Å². The zero-order valence-corrected chi connectivity index (χ0v) is 12.8. The van der Waals surface area contributed by atoms with Gasteiger partial charge in [0.2, 0.25) is 6.34 Å². The molecule has 0 aromatic heterocycles. The highest BCUT2D eigenvalue weighted by molar-refractivity contribution is 6.60. The minimum atomic E-state index is -2.48. The third-order valence-corrected chi connectivity index (χ3v) is 6.03. The first-order chi connectivity index (χ1) is 9.05. The van der Waals surface area contributed by atoms with Gasteiger partial charge in [0.1, 0.15) is 13.1 Å². The Morgan fingerprint density at radius 2 is 2.00 bits per heavy atom. The van der Waals surface area contributed by atoms with Crippen molar-refractivity contribution in [2.45, 2.75) is 12.5 Å². The van der Waals surface area contributed by atoms with E-state index in [4.69, 9.17) is 18.4 Å². The Hall–Kier alpha value is -0.963. The van der Waals surface area contributed by atoms with Gasteiger partial charge in [-0.15, -0.1) is 0 Å². The van der Waals surface area contributed by atoms with Crippen molar-refractivity contribution >= 4 is 21.1 Å². The maximum absolute atomic E-state index is 10.6. The van der Waals surface area contributed by atoms with Gasteiger partial charge in [-0.05, 0) is 6.42 Å². The van der Waals surface area contributed by atoms with E-state index in [0.29, 0.717) is 0 Å². The summed E-state index contributed by atoms with van der Waals surface area (Å²) in [6, 6.07) is 0.750. The Kier molecular flexibility index (Phi) is 6.42. The lowest BCUT2D eigenvalue weighted by Gasteiger charge is -2.24. The van der Waals surface area contributed by atoms with E-state index in [-0.39, 0.29) is 6.54 Å². The van der Waals surface area contributed by atoms with Crippen LogP contribution in [0.1, 0.15) is 6.42 Å². The molecule has 0 bridgehead atoms. The van der Waals surface area contributed by atoms with Gasteiger partial charge in [-0.3, -0.25) is 9.48 Å². The molecule has 1 aliphatic heterocycles. The molecule has 0 saturated carbocycles. The number of rotatable bonds is 9. The lowest BCUT2D eigenvalue weighted by Crippen LogP contribution is -2.43. The second-order valence-electron chi connectivity index (χ2n) is 4.41. The van der Waals surface area contributed by atoms with Crippen LogP contribution in [-0.4, -0.2) is 83.2 Å². The van der Waals surface area contributed by atoms with E-state index in [9.17, 15) is 4.79 Å². The molecule has 1 N–H and O–H groups in total. The first-order valence-electron chi connectivity index (χ1n) is 6.25. The van der Waals surface area contributed by atoms with E-state index in [2.05, 4.69) is 4.90 Å². The standard InChI is InChI=1S/C11H22N2O5Si/c1-16-19(17-2,18-3)8-4-5-12-6-7-13(10-12)9-11(14)15/h10H,4-9H2,1-3H3/p+1. The molecule has 0 aromatic carbocycles. The van der Waals surface area contributed by atoms with Crippen LogP contribution in [0, 0.1) is 0 Å². The maximum Gasteiger partial charge on any atom is 0.500 e. The molecule has 0 aromatic rings. The van der Waals surface area contributed by atoms with Crippen molar-refractivity contribution in [1.82, 2.24) is 4.90 Å². The Balaban J connectivity index is 2.34. The van der Waals surface area contributed by atoms with Gasteiger partial charge in [0.05, 0.1) is 6.54 Å². The van der Waals surface area contributed by atoms with Crippen molar-refractivity contribution in [2.75, 3.05) is 47.5 Å². The monoisotopic (exact) mass is 291 g/mol. The molecule has 0 unspecified atom stereocenters. The summed E-state index contributed by atoms with van der Waals surface area (Å²) in [4.78, 5) is 12.7. The van der Waals surface area contributed by atoms with Gasteiger partial charge in [0.15, 0.2) is 6.54 Å². The SMILES string of the molecule is CO[Si](CCCN1C=[N+](CC(=O)O)CC1)(OC)OC. The van der Waals surface area contributed by atoms with E-state index in [1.54, 1.807) is 25.9 Å². The van der Waals surface area contributed by atoms with Crippen molar-refractivity contribution in [1.29, 1.82) is 0 Å². The number of aliphatic carboxylic acids is 1. The summed E-state index contributed by atoms with van der Waals surface area (Å²) in [5.74, 6) is -0.803. The van der Waals surface area contributed by atoms with E-state index >= 15 is 0 Å². The number of carboxylic acid groups (broad SMARTS) is 1. The zero-order valence-electron chi connectivity index (χ0n) is 11.8. The molecule has 0 fully saturated rings. The van der Waals surface area contributed by atoms with E-state index in [1.165, 1.54) is 0 Å². The van der Waals surface area contributed by atoms with E-state index in [1.807, 2.05) is 6.34 Å². The number of nitrogens with zero attached hydrogens (tertiary/aromatic N) is 2. The fraction of sp³-hybridized carbons (Fsp3) is 0.818. The molecule has 7 nitrogen and oxygen atoms in total. The number of carboxylic acids is 1. The minimum absolute atomic E-state index is 0.0589. The molecule has 1 heterocycles. The predicted molar refractivity (Wildman–Crippen MR) is 71.5 cm³/mol. The van der Waals surface area contributed by atoms with Gasteiger partial charge in [0, 0.05) is 27.4 Å². The second kappa shape index (κ2) is 7.58. The molecule has 1 rings (SSSR count). The van der Waals surface area contributed by atoms with Crippen molar-refractivity contribution in [2.24, 2.45) is 0 Å². The average Bonchev–Trinajstić information content (AvgIpc) is 2.82. The van der Waals surface area contributed by atoms with Crippen LogP contribution in [0.5, 0.6) is 0 Å². The Morgan fingerprint density at radius 3 is 2.53 bits per heavy atom. The minimum Gasteiger partial charge on any atom is -0.478 e. The van der Waals surface area contributed by atoms with Crippen LogP contribution in [-0.2, 0) is 18.1 Å². The molecule has 0 radical (unpaired) electrons. The van der Waals surface area contributed by atoms with E-state index in [0.717, 1.165) is 32.1 Å². The molecular weight excluding hydrogens is 268 g/mol. The second-order valence-corrected chi connectivity index (χ2v) is 7.51. The van der Waals surface area contributed by atoms with Gasteiger partial charge >= 0.3 is 14.8 Å². The summed E-state index contributed by atoms with van der Waals surface area (Å²) < 4.78 is 17.9. The summed E-state index contributed by atoms with van der Waals surface area (Å²) in [6.07, 6.45) is 2.77. The fourth-order valence-electron chi connectivity index (χ4n) is 2.12. The van der Waals surface area contributed by atoms with Gasteiger partial charge in [0.25, 0.3) is 0 Å². The highest BCUT2D eigenvalue weighted by Crippen LogP contribution is 2.15. The lowest BCUT2D eigenvalue weighted by atomic mass is 10.4. The summed E-state index contributed by atoms with van der Waals surface area (Å²) in [5.41, 5.74) is 0. The summed E-state index contributed by atoms with van der Waals surface area (Å²) in [6.45, 7) is 2.52. The molecule has 8 heteroatoms. The highest BCUT2D eigenvalue weighted by Gasteiger charge is 2.37. The highest BCUT2D eigenvalue weighted by atomic mass is 28.4. The molecular formula is C11H23N2O5Si+. The first-order valence-corrected chi connectivity index (χ1v) is 8.19. The third kappa shape index (κ3) is 4.90. The quantitative estimate of drug-likeness (QED) is 0.464. The van der Waals surface area contributed by atoms with Crippen LogP contribution in [0.3, 0.4) is 0 Å². The largest absolute Gasteiger partial charge is 0.500 e. The molecule has 19 heavy (non-hydrogen) atoms. The van der Waals surface area contributed by atoms with Crippen LogP contribution in [0.15, 0.2) is 0 Å². The van der Waals surface area contributed by atoms with Crippen LogP contribution in [0.2, 0.25) is 6.04 Å². The van der Waals surface area contributed by atoms with Crippen LogP contribution >= 0.6 is 0 Å². The summed E-state index contributed by atoms with van der Waals surface area (Å²) in [5, 5.41) is 8.71. The Labute approximate surface area is 114 Å². The van der Waals surface area contributed by atoms with Gasteiger partial charge in [-0.1, -0.05) is 0 Å². The van der Waals surface area contributed by atoms with Gasteiger partial charge < -0.3 is 18.4 Å². The molecule has 0 spiro atoms. The van der Waals surface area contributed by atoms with Crippen molar-refractivity contribution in [3.63, 3.8) is 0 Å². The summed E-state index contributed by atoms with van der Waals surface area (Å²) in [7, 11) is 2.34. The molecule has 1 aliphatic rings. The molecule has 110 valence electrons. The fourth-order valence-corrected chi connectivity index (χ4v) is 3.82. The number of hydrogen-bond acceptors (Lipinski definition) is 5. The normalized spacial score (nSPS) is 15.7. The Bertz CT molecular complexity index is 325. The van der Waals surface area contributed by atoms with Crippen LogP contribution < -0.4 is 0 Å². The topological polar surface area (TPSA) is 71.2 Å². The molecule has 0 amide bonds. The smallest absolute Gasteiger partial charge is 0.478 e. The number of carbonyl (C=O) groups is 1. The molecule has 0 atom stereocenters. The van der Waals surface area contributed by atoms with E-state index < -0.39 is 14.8 Å². The zero-order chi connectivity index (χ0) is 14.3. The first kappa shape index (κ1) is 16.1. The average molecular weight is 291 g/mol. The lowest BCUT2D eigenvalue weighted by molar-refractivity contribution is -0.504. The molecule has 0 saturated heterocycles. The Morgan fingerprint density at radius 1 is 1.37 bits per heavy atom. The predicted octanol–water partition coefficient (Wildman–Crippen LogP) is -0.304. The maximum atomic E-state index is 10.6. The molecule has 0 aliphatic carbocycles. The third-order valence-electron chi connectivity index (χ3n) is 3.20. The summed E-state index contributed by atoms with van der Waals surface area (Å²) >= 11 is 0. The number of hydrogen-bond donors (Lipinski definition) is 1. The van der Waals surface area contributed by atoms with Crippen LogP contribution in [0.25, 0.3) is 0 Å². The van der Waals surface area contributed by atoms with Crippen molar-refractivity contribution < 1.29 is 27.8 Å².